The molecule has 2 aromatic heterocycles. The summed E-state index contributed by atoms with van der Waals surface area (Å²) in [6, 6.07) is 3.31. The van der Waals surface area contributed by atoms with Gasteiger partial charge >= 0.3 is 5.97 Å². The van der Waals surface area contributed by atoms with Gasteiger partial charge in [0.25, 0.3) is 0 Å². The van der Waals surface area contributed by atoms with E-state index in [1.165, 1.54) is 12.1 Å². The Kier molecular flexibility index (Phi) is 3.50. The Hall–Kier alpha value is -2.37. The first kappa shape index (κ1) is 13.1. The van der Waals surface area contributed by atoms with Crippen molar-refractivity contribution in [2.75, 3.05) is 5.32 Å². The Morgan fingerprint density at radius 1 is 1.42 bits per heavy atom. The molecule has 19 heavy (non-hydrogen) atoms. The predicted octanol–water partition coefficient (Wildman–Crippen LogP) is 2.61. The number of aromatic carboxylic acids is 1. The van der Waals surface area contributed by atoms with Crippen molar-refractivity contribution in [2.45, 2.75) is 26.8 Å². The van der Waals surface area contributed by atoms with E-state index in [0.717, 1.165) is 5.69 Å². The molecule has 0 aromatic carbocycles. The van der Waals surface area contributed by atoms with E-state index in [1.54, 1.807) is 13.1 Å². The van der Waals surface area contributed by atoms with E-state index in [9.17, 15) is 4.79 Å². The first-order chi connectivity index (χ1) is 8.95. The van der Waals surface area contributed by atoms with Crippen LogP contribution in [-0.2, 0) is 0 Å². The van der Waals surface area contributed by atoms with Crippen LogP contribution in [0, 0.1) is 6.92 Å². The van der Waals surface area contributed by atoms with Crippen LogP contribution in [0.15, 0.2) is 24.5 Å². The number of pyridine rings is 1. The fourth-order valence-corrected chi connectivity index (χ4v) is 1.69. The lowest BCUT2D eigenvalue weighted by Gasteiger charge is -2.06. The molecule has 2 rings (SSSR count). The van der Waals surface area contributed by atoms with Gasteiger partial charge in [-0.1, -0.05) is 0 Å². The monoisotopic (exact) mass is 260 g/mol. The normalized spacial score (nSPS) is 10.7. The van der Waals surface area contributed by atoms with Gasteiger partial charge in [0.2, 0.25) is 0 Å². The molecular formula is C13H16N4O2. The highest BCUT2D eigenvalue weighted by Gasteiger charge is 2.08. The molecule has 0 atom stereocenters. The van der Waals surface area contributed by atoms with Crippen molar-refractivity contribution >= 4 is 17.5 Å². The summed E-state index contributed by atoms with van der Waals surface area (Å²) in [6.07, 6.45) is 3.54. The van der Waals surface area contributed by atoms with Crippen LogP contribution in [0.2, 0.25) is 0 Å². The summed E-state index contributed by atoms with van der Waals surface area (Å²) in [5.74, 6) is -0.466. The summed E-state index contributed by atoms with van der Waals surface area (Å²) in [6.45, 7) is 5.82. The number of anilines is 2. The molecule has 0 radical (unpaired) electrons. The minimum atomic E-state index is -0.966. The third-order valence-corrected chi connectivity index (χ3v) is 2.60. The molecule has 6 nitrogen and oxygen atoms in total. The molecule has 6 heteroatoms. The highest BCUT2D eigenvalue weighted by molar-refractivity contribution is 5.88. The predicted molar refractivity (Wildman–Crippen MR) is 71.8 cm³/mol. The maximum Gasteiger partial charge on any atom is 0.335 e. The maximum atomic E-state index is 11.0. The number of carboxylic acids is 1. The van der Waals surface area contributed by atoms with Crippen LogP contribution in [0.1, 0.15) is 35.9 Å². The molecule has 0 aliphatic rings. The van der Waals surface area contributed by atoms with Crippen LogP contribution in [0.5, 0.6) is 0 Å². The number of hydrogen-bond donors (Lipinski definition) is 2. The van der Waals surface area contributed by atoms with Gasteiger partial charge in [-0.05, 0) is 32.9 Å². The summed E-state index contributed by atoms with van der Waals surface area (Å²) in [7, 11) is 0. The van der Waals surface area contributed by atoms with Crippen molar-refractivity contribution in [3.05, 3.63) is 35.8 Å². The number of aromatic nitrogens is 3. The van der Waals surface area contributed by atoms with Gasteiger partial charge in [0.05, 0.1) is 17.4 Å². The summed E-state index contributed by atoms with van der Waals surface area (Å²) in [4.78, 5) is 15.2. The van der Waals surface area contributed by atoms with Crippen molar-refractivity contribution in [3.63, 3.8) is 0 Å². The summed E-state index contributed by atoms with van der Waals surface area (Å²) >= 11 is 0. The third-order valence-electron chi connectivity index (χ3n) is 2.60. The largest absolute Gasteiger partial charge is 0.478 e. The van der Waals surface area contributed by atoms with E-state index >= 15 is 0 Å². The van der Waals surface area contributed by atoms with E-state index in [-0.39, 0.29) is 11.6 Å². The lowest BCUT2D eigenvalue weighted by Crippen LogP contribution is -2.02. The Morgan fingerprint density at radius 3 is 2.74 bits per heavy atom. The lowest BCUT2D eigenvalue weighted by molar-refractivity contribution is 0.0696. The number of carbonyl (C=O) groups is 1. The van der Waals surface area contributed by atoms with E-state index in [0.29, 0.717) is 11.5 Å². The summed E-state index contributed by atoms with van der Waals surface area (Å²) in [5, 5.41) is 16.3. The zero-order valence-corrected chi connectivity index (χ0v) is 11.1. The molecule has 0 amide bonds. The van der Waals surface area contributed by atoms with E-state index in [1.807, 2.05) is 24.7 Å². The molecule has 100 valence electrons. The third kappa shape index (κ3) is 3.09. The number of aryl methyl sites for hydroxylation is 1. The Balaban J connectivity index is 2.24. The Labute approximate surface area is 111 Å². The van der Waals surface area contributed by atoms with Crippen molar-refractivity contribution in [1.82, 2.24) is 14.8 Å². The van der Waals surface area contributed by atoms with Gasteiger partial charge in [0, 0.05) is 17.9 Å². The summed E-state index contributed by atoms with van der Waals surface area (Å²) in [5.41, 5.74) is 1.65. The van der Waals surface area contributed by atoms with Crippen molar-refractivity contribution < 1.29 is 9.90 Å². The zero-order valence-electron chi connectivity index (χ0n) is 11.1. The fourth-order valence-electron chi connectivity index (χ4n) is 1.69. The van der Waals surface area contributed by atoms with Crippen molar-refractivity contribution in [2.24, 2.45) is 0 Å². The maximum absolute atomic E-state index is 11.0. The van der Waals surface area contributed by atoms with E-state index in [2.05, 4.69) is 15.4 Å². The SMILES string of the molecule is Cc1cc(C(=O)O)cc(Nc2cnn(C(C)C)c2)n1. The number of hydrogen-bond acceptors (Lipinski definition) is 4. The second kappa shape index (κ2) is 5.09. The molecule has 0 spiro atoms. The van der Waals surface area contributed by atoms with Gasteiger partial charge < -0.3 is 10.4 Å². The molecule has 0 saturated carbocycles. The minimum absolute atomic E-state index is 0.214. The first-order valence-corrected chi connectivity index (χ1v) is 5.99. The Bertz CT molecular complexity index is 604. The average Bonchev–Trinajstić information content (AvgIpc) is 2.76. The zero-order chi connectivity index (χ0) is 14.0. The Morgan fingerprint density at radius 2 is 2.16 bits per heavy atom. The van der Waals surface area contributed by atoms with E-state index in [4.69, 9.17) is 5.11 Å². The van der Waals surface area contributed by atoms with Gasteiger partial charge in [-0.3, -0.25) is 4.68 Å². The van der Waals surface area contributed by atoms with Crippen LogP contribution in [-0.4, -0.2) is 25.8 Å². The average molecular weight is 260 g/mol. The second-order valence-electron chi connectivity index (χ2n) is 4.62. The molecule has 0 bridgehead atoms. The van der Waals surface area contributed by atoms with Gasteiger partial charge in [0.15, 0.2) is 0 Å². The van der Waals surface area contributed by atoms with Gasteiger partial charge in [-0.15, -0.1) is 0 Å². The molecule has 0 unspecified atom stereocenters. The molecule has 2 aromatic rings. The van der Waals surface area contributed by atoms with Crippen molar-refractivity contribution in [1.29, 1.82) is 0 Å². The van der Waals surface area contributed by atoms with Crippen LogP contribution in [0.4, 0.5) is 11.5 Å². The minimum Gasteiger partial charge on any atom is -0.478 e. The molecule has 2 N–H and O–H groups in total. The number of nitrogens with zero attached hydrogens (tertiary/aromatic N) is 3. The molecule has 0 aliphatic heterocycles. The molecule has 0 aliphatic carbocycles. The quantitative estimate of drug-likeness (QED) is 0.883. The standard InChI is InChI=1S/C13H16N4O2/c1-8(2)17-7-11(6-14-17)16-12-5-10(13(18)19)4-9(3)15-12/h4-8H,1-3H3,(H,15,16)(H,18,19). The fraction of sp³-hybridized carbons (Fsp3) is 0.308. The van der Waals surface area contributed by atoms with Crippen LogP contribution in [0.25, 0.3) is 0 Å². The second-order valence-corrected chi connectivity index (χ2v) is 4.62. The van der Waals surface area contributed by atoms with Crippen LogP contribution >= 0.6 is 0 Å². The number of rotatable bonds is 4. The van der Waals surface area contributed by atoms with Crippen molar-refractivity contribution in [3.8, 4) is 0 Å². The van der Waals surface area contributed by atoms with Gasteiger partial charge in [-0.25, -0.2) is 9.78 Å². The number of nitrogens with one attached hydrogen (secondary N) is 1. The van der Waals surface area contributed by atoms with Gasteiger partial charge in [0.1, 0.15) is 5.82 Å². The van der Waals surface area contributed by atoms with Crippen LogP contribution in [0.3, 0.4) is 0 Å². The highest BCUT2D eigenvalue weighted by Crippen LogP contribution is 2.17. The molecular weight excluding hydrogens is 244 g/mol. The van der Waals surface area contributed by atoms with Gasteiger partial charge in [-0.2, -0.15) is 5.10 Å². The summed E-state index contributed by atoms with van der Waals surface area (Å²) < 4.78 is 1.82. The molecule has 2 heterocycles. The lowest BCUT2D eigenvalue weighted by atomic mass is 10.2. The number of carboxylic acid groups (broad SMARTS) is 1. The smallest absolute Gasteiger partial charge is 0.335 e. The first-order valence-electron chi connectivity index (χ1n) is 5.99. The van der Waals surface area contributed by atoms with E-state index < -0.39 is 5.97 Å². The highest BCUT2D eigenvalue weighted by atomic mass is 16.4. The molecule has 0 saturated heterocycles. The van der Waals surface area contributed by atoms with Crippen LogP contribution < -0.4 is 5.32 Å². The topological polar surface area (TPSA) is 80.0 Å². The molecule has 0 fully saturated rings.